The summed E-state index contributed by atoms with van der Waals surface area (Å²) in [6.07, 6.45) is 20.3. The molecule has 1 aromatic rings. The summed E-state index contributed by atoms with van der Waals surface area (Å²) >= 11 is 1.84. The molecule has 37 heavy (non-hydrogen) atoms. The molecule has 0 aliphatic carbocycles. The Morgan fingerprint density at radius 3 is 1.86 bits per heavy atom. The maximum Gasteiger partial charge on any atom is 0.338 e. The van der Waals surface area contributed by atoms with E-state index in [2.05, 4.69) is 6.92 Å². The maximum atomic E-state index is 12.3. The van der Waals surface area contributed by atoms with Crippen molar-refractivity contribution in [3.05, 3.63) is 35.9 Å². The molecule has 2 unspecified atom stereocenters. The first-order chi connectivity index (χ1) is 17.8. The average molecular weight is 557 g/mol. The quantitative estimate of drug-likeness (QED) is 0.0723. The van der Waals surface area contributed by atoms with Crippen LogP contribution in [0, 0.1) is 5.92 Å². The minimum Gasteiger partial charge on any atom is -0.459 e. The van der Waals surface area contributed by atoms with Crippen molar-refractivity contribution >= 4 is 27.8 Å². The number of thioether (sulfide) groups is 1. The molecule has 0 saturated heterocycles. The highest BCUT2D eigenvalue weighted by molar-refractivity contribution is 7.99. The highest BCUT2D eigenvalue weighted by Gasteiger charge is 2.19. The number of rotatable bonds is 24. The predicted molar refractivity (Wildman–Crippen MR) is 158 cm³/mol. The normalized spacial score (nSPS) is 13.4. The zero-order valence-corrected chi connectivity index (χ0v) is 25.3. The van der Waals surface area contributed by atoms with Crippen LogP contribution in [0.25, 0.3) is 0 Å². The van der Waals surface area contributed by atoms with Crippen LogP contribution in [0.3, 0.4) is 0 Å². The first kappa shape index (κ1) is 34.0. The van der Waals surface area contributed by atoms with E-state index in [1.54, 1.807) is 24.3 Å². The van der Waals surface area contributed by atoms with Crippen molar-refractivity contribution in [2.45, 2.75) is 116 Å². The molecule has 0 aromatic heterocycles. The van der Waals surface area contributed by atoms with Gasteiger partial charge in [0.05, 0.1) is 24.5 Å². The van der Waals surface area contributed by atoms with E-state index < -0.39 is 10.1 Å². The number of esters is 1. The van der Waals surface area contributed by atoms with E-state index in [0.29, 0.717) is 12.0 Å². The molecule has 7 heteroatoms. The molecule has 0 N–H and O–H groups in total. The van der Waals surface area contributed by atoms with Gasteiger partial charge in [-0.25, -0.2) is 4.79 Å². The van der Waals surface area contributed by atoms with Crippen LogP contribution in [0.1, 0.15) is 121 Å². The number of ether oxygens (including phenoxy) is 1. The minimum absolute atomic E-state index is 0.00458. The Hall–Kier alpha value is -1.05. The summed E-state index contributed by atoms with van der Waals surface area (Å²) in [5, 5.41) is 0. The molecular weight excluding hydrogens is 504 g/mol. The van der Waals surface area contributed by atoms with Crippen molar-refractivity contribution < 1.29 is 22.1 Å². The molecular formula is C30H52O5S2. The van der Waals surface area contributed by atoms with Gasteiger partial charge in [-0.2, -0.15) is 20.2 Å². The third-order valence-electron chi connectivity index (χ3n) is 6.50. The predicted octanol–water partition coefficient (Wildman–Crippen LogP) is 8.43. The number of hydrogen-bond acceptors (Lipinski definition) is 6. The van der Waals surface area contributed by atoms with Crippen molar-refractivity contribution in [3.8, 4) is 0 Å². The average Bonchev–Trinajstić information content (AvgIpc) is 2.86. The van der Waals surface area contributed by atoms with Crippen LogP contribution in [0.15, 0.2) is 30.3 Å². The minimum atomic E-state index is -3.50. The fourth-order valence-electron chi connectivity index (χ4n) is 4.40. The molecule has 0 radical (unpaired) electrons. The van der Waals surface area contributed by atoms with Crippen LogP contribution in [0.4, 0.5) is 0 Å². The topological polar surface area (TPSA) is 69.7 Å². The smallest absolute Gasteiger partial charge is 0.338 e. The van der Waals surface area contributed by atoms with Gasteiger partial charge in [0.1, 0.15) is 0 Å². The Bertz CT molecular complexity index is 782. The van der Waals surface area contributed by atoms with Crippen LogP contribution in [0.5, 0.6) is 0 Å². The Balaban J connectivity index is 2.15. The summed E-state index contributed by atoms with van der Waals surface area (Å²) in [4.78, 5) is 12.3. The van der Waals surface area contributed by atoms with Crippen molar-refractivity contribution in [2.24, 2.45) is 5.92 Å². The van der Waals surface area contributed by atoms with Gasteiger partial charge in [0.15, 0.2) is 0 Å². The van der Waals surface area contributed by atoms with Gasteiger partial charge in [-0.05, 0) is 49.3 Å². The zero-order valence-electron chi connectivity index (χ0n) is 23.6. The lowest BCUT2D eigenvalue weighted by molar-refractivity contribution is 0.0279. The van der Waals surface area contributed by atoms with Gasteiger partial charge in [0, 0.05) is 0 Å². The molecule has 0 aliphatic rings. The van der Waals surface area contributed by atoms with E-state index in [1.165, 1.54) is 89.9 Å². The molecule has 0 heterocycles. The SMILES string of the molecule is CCCCCCCCCCCCCCCCSCC(COS(C)(=O)=O)CC(C)OC(=O)c1ccccc1. The molecule has 0 aliphatic heterocycles. The first-order valence-electron chi connectivity index (χ1n) is 14.5. The van der Waals surface area contributed by atoms with E-state index >= 15 is 0 Å². The summed E-state index contributed by atoms with van der Waals surface area (Å²) in [5.74, 6) is 1.50. The van der Waals surface area contributed by atoms with Crippen molar-refractivity contribution in [2.75, 3.05) is 24.4 Å². The number of carbonyl (C=O) groups is 1. The third kappa shape index (κ3) is 20.6. The lowest BCUT2D eigenvalue weighted by atomic mass is 10.0. The summed E-state index contributed by atoms with van der Waals surface area (Å²) in [5.41, 5.74) is 0.519. The third-order valence-corrected chi connectivity index (χ3v) is 8.35. The van der Waals surface area contributed by atoms with Gasteiger partial charge in [0.2, 0.25) is 0 Å². The molecule has 1 aromatic carbocycles. The molecule has 0 saturated carbocycles. The number of unbranched alkanes of at least 4 members (excludes halogenated alkanes) is 13. The van der Waals surface area contributed by atoms with Crippen molar-refractivity contribution in [3.63, 3.8) is 0 Å². The summed E-state index contributed by atoms with van der Waals surface area (Å²) in [6, 6.07) is 8.92. The van der Waals surface area contributed by atoms with Crippen molar-refractivity contribution in [1.82, 2.24) is 0 Å². The van der Waals surface area contributed by atoms with Gasteiger partial charge in [-0.3, -0.25) is 4.18 Å². The van der Waals surface area contributed by atoms with Gasteiger partial charge in [-0.1, -0.05) is 109 Å². The van der Waals surface area contributed by atoms with Crippen LogP contribution in [0.2, 0.25) is 0 Å². The summed E-state index contributed by atoms with van der Waals surface area (Å²) in [7, 11) is -3.50. The highest BCUT2D eigenvalue weighted by Crippen LogP contribution is 2.20. The second kappa shape index (κ2) is 21.8. The molecule has 2 atom stereocenters. The molecule has 214 valence electrons. The van der Waals surface area contributed by atoms with E-state index in [-0.39, 0.29) is 24.6 Å². The molecule has 0 bridgehead atoms. The fourth-order valence-corrected chi connectivity index (χ4v) is 5.98. The van der Waals surface area contributed by atoms with Gasteiger partial charge in [0.25, 0.3) is 10.1 Å². The standard InChI is InChI=1S/C30H52O5S2/c1-4-5-6-7-8-9-10-11-12-13-14-15-16-20-23-36-26-28(25-34-37(3,32)33)24-27(2)35-30(31)29-21-18-17-19-22-29/h17-19,21-22,27-28H,4-16,20,23-26H2,1-3H3. The summed E-state index contributed by atoms with van der Waals surface area (Å²) in [6.45, 7) is 4.25. The largest absolute Gasteiger partial charge is 0.459 e. The van der Waals surface area contributed by atoms with E-state index in [0.717, 1.165) is 17.8 Å². The van der Waals surface area contributed by atoms with Crippen LogP contribution in [-0.4, -0.2) is 44.9 Å². The molecule has 0 fully saturated rings. The number of hydrogen-bond donors (Lipinski definition) is 0. The number of benzene rings is 1. The fraction of sp³-hybridized carbons (Fsp3) is 0.767. The van der Waals surface area contributed by atoms with Crippen LogP contribution in [-0.2, 0) is 19.0 Å². The first-order valence-corrected chi connectivity index (χ1v) is 17.5. The lowest BCUT2D eigenvalue weighted by Crippen LogP contribution is -2.24. The Morgan fingerprint density at radius 2 is 1.35 bits per heavy atom. The highest BCUT2D eigenvalue weighted by atomic mass is 32.2. The van der Waals surface area contributed by atoms with E-state index in [9.17, 15) is 13.2 Å². The van der Waals surface area contributed by atoms with Crippen LogP contribution >= 0.6 is 11.8 Å². The zero-order chi connectivity index (χ0) is 27.2. The second-order valence-electron chi connectivity index (χ2n) is 10.3. The second-order valence-corrected chi connectivity index (χ2v) is 13.1. The Kier molecular flexibility index (Phi) is 20.1. The molecule has 0 spiro atoms. The van der Waals surface area contributed by atoms with E-state index in [1.807, 2.05) is 24.8 Å². The molecule has 5 nitrogen and oxygen atoms in total. The monoisotopic (exact) mass is 556 g/mol. The van der Waals surface area contributed by atoms with Gasteiger partial charge in [-0.15, -0.1) is 0 Å². The molecule has 0 amide bonds. The molecule has 1 rings (SSSR count). The van der Waals surface area contributed by atoms with Gasteiger partial charge < -0.3 is 4.74 Å². The number of carbonyl (C=O) groups excluding carboxylic acids is 1. The Morgan fingerprint density at radius 1 is 0.838 bits per heavy atom. The van der Waals surface area contributed by atoms with Gasteiger partial charge >= 0.3 is 5.97 Å². The van der Waals surface area contributed by atoms with E-state index in [4.69, 9.17) is 8.92 Å². The van der Waals surface area contributed by atoms with Crippen molar-refractivity contribution in [1.29, 1.82) is 0 Å². The lowest BCUT2D eigenvalue weighted by Gasteiger charge is -2.21. The van der Waals surface area contributed by atoms with Crippen LogP contribution < -0.4 is 0 Å². The summed E-state index contributed by atoms with van der Waals surface area (Å²) < 4.78 is 33.6. The maximum absolute atomic E-state index is 12.3. The Labute approximate surface area is 232 Å².